The van der Waals surface area contributed by atoms with Crippen molar-refractivity contribution in [2.75, 3.05) is 5.32 Å². The molecule has 1 N–H and O–H groups in total. The number of rotatable bonds is 8. The van der Waals surface area contributed by atoms with Gasteiger partial charge in [-0.3, -0.25) is 4.79 Å². The Balaban J connectivity index is 1.27. The van der Waals surface area contributed by atoms with Crippen LogP contribution in [0.5, 0.6) is 0 Å². The molecule has 0 unspecified atom stereocenters. The summed E-state index contributed by atoms with van der Waals surface area (Å²) < 4.78 is 14.1. The molecule has 5 rings (SSSR count). The fraction of sp³-hybridized carbons (Fsp3) is 0.457. The third-order valence-corrected chi connectivity index (χ3v) is 10.4. The summed E-state index contributed by atoms with van der Waals surface area (Å²) in [5.74, 6) is 1.46. The first-order valence-corrected chi connectivity index (χ1v) is 16.8. The third kappa shape index (κ3) is 7.73. The lowest BCUT2D eigenvalue weighted by Gasteiger charge is -2.31. The van der Waals surface area contributed by atoms with Gasteiger partial charge in [0, 0.05) is 24.2 Å². The summed E-state index contributed by atoms with van der Waals surface area (Å²) in [5, 5.41) is 14.5. The molecule has 0 bridgehead atoms. The second kappa shape index (κ2) is 12.6. The van der Waals surface area contributed by atoms with E-state index in [4.69, 9.17) is 14.0 Å². The van der Waals surface area contributed by atoms with Gasteiger partial charge in [-0.05, 0) is 74.7 Å². The molecular weight excluding hydrogens is 552 g/mol. The molecule has 7 nitrogen and oxygen atoms in total. The van der Waals surface area contributed by atoms with Crippen LogP contribution in [0.3, 0.4) is 0 Å². The van der Waals surface area contributed by atoms with Gasteiger partial charge in [0.05, 0.1) is 23.3 Å². The molecule has 227 valence electrons. The van der Waals surface area contributed by atoms with Gasteiger partial charge in [-0.1, -0.05) is 80.5 Å². The minimum absolute atomic E-state index is 0.121. The van der Waals surface area contributed by atoms with Gasteiger partial charge in [-0.2, -0.15) is 5.10 Å². The Labute approximate surface area is 257 Å². The first kappa shape index (κ1) is 30.9. The lowest BCUT2D eigenvalue weighted by molar-refractivity contribution is -0.115. The Hall–Kier alpha value is -3.49. The van der Waals surface area contributed by atoms with Crippen LogP contribution in [0.25, 0.3) is 0 Å². The lowest BCUT2D eigenvalue weighted by atomic mass is 9.85. The zero-order valence-corrected chi connectivity index (χ0v) is 27.6. The number of carbonyl (C=O) groups excluding carboxylic acids is 1. The first-order chi connectivity index (χ1) is 20.4. The van der Waals surface area contributed by atoms with Gasteiger partial charge in [-0.15, -0.1) is 0 Å². The summed E-state index contributed by atoms with van der Waals surface area (Å²) in [6.07, 6.45) is 4.33. The van der Waals surface area contributed by atoms with Gasteiger partial charge >= 0.3 is 0 Å². The average Bonchev–Trinajstić information content (AvgIpc) is 3.58. The molecule has 0 atom stereocenters. The van der Waals surface area contributed by atoms with E-state index in [1.807, 2.05) is 11.6 Å². The van der Waals surface area contributed by atoms with Crippen LogP contribution in [0.4, 0.5) is 5.82 Å². The molecule has 43 heavy (non-hydrogen) atoms. The van der Waals surface area contributed by atoms with E-state index in [1.54, 1.807) is 6.07 Å². The van der Waals surface area contributed by atoms with Crippen molar-refractivity contribution in [1.29, 1.82) is 0 Å². The summed E-state index contributed by atoms with van der Waals surface area (Å²) in [6.45, 7) is 14.9. The van der Waals surface area contributed by atoms with Crippen LogP contribution in [-0.2, 0) is 26.6 Å². The summed E-state index contributed by atoms with van der Waals surface area (Å²) in [5.41, 5.74) is 2.98. The highest BCUT2D eigenvalue weighted by molar-refractivity contribution is 6.80. The van der Waals surface area contributed by atoms with E-state index < -0.39 is 9.04 Å². The highest BCUT2D eigenvalue weighted by Crippen LogP contribution is 2.36. The number of carbonyl (C=O) groups is 1. The van der Waals surface area contributed by atoms with Crippen LogP contribution in [0.2, 0.25) is 0 Å². The first-order valence-electron chi connectivity index (χ1n) is 15.4. The number of amides is 1. The molecular formula is C35H45N4O3Si. The van der Waals surface area contributed by atoms with E-state index in [2.05, 4.69) is 113 Å². The standard InChI is InChI=1S/C35H45N4O3Si/c1-24-21-28(41-38-24)22-33(40)36-32-23-31(37-39(32)35(5,6)7)25-13-17-27(18-14-25)42-43(29-11-9-8-10-12-29)30-19-15-26(16-20-30)34(2,3)4/h8-12,15-16,19-21,23,25,27H,13-14,17-18,22H2,1-7H3,(H,36,40). The SMILES string of the molecule is Cc1cc(CC(=O)Nc2cc(C3CCC(O[Si](c4ccccc4)c4ccc(C(C)(C)C)cc4)CC3)nn2C(C)(C)C)on1. The maximum Gasteiger partial charge on any atom is 0.283 e. The van der Waals surface area contributed by atoms with E-state index in [0.29, 0.717) is 11.7 Å². The molecule has 8 heteroatoms. The number of nitrogens with one attached hydrogen (secondary N) is 1. The van der Waals surface area contributed by atoms with E-state index in [-0.39, 0.29) is 29.4 Å². The number of aromatic nitrogens is 3. The normalized spacial score (nSPS) is 17.8. The molecule has 1 fully saturated rings. The molecule has 2 heterocycles. The zero-order valence-electron chi connectivity index (χ0n) is 26.6. The van der Waals surface area contributed by atoms with E-state index in [9.17, 15) is 4.79 Å². The number of aryl methyl sites for hydroxylation is 1. The highest BCUT2D eigenvalue weighted by Gasteiger charge is 2.31. The molecule has 0 spiro atoms. The molecule has 1 aliphatic carbocycles. The van der Waals surface area contributed by atoms with Crippen LogP contribution < -0.4 is 15.7 Å². The topological polar surface area (TPSA) is 82.2 Å². The van der Waals surface area contributed by atoms with E-state index >= 15 is 0 Å². The van der Waals surface area contributed by atoms with Crippen molar-refractivity contribution in [3.63, 3.8) is 0 Å². The summed E-state index contributed by atoms with van der Waals surface area (Å²) >= 11 is 0. The average molecular weight is 598 g/mol. The fourth-order valence-electron chi connectivity index (χ4n) is 5.70. The maximum absolute atomic E-state index is 12.8. The molecule has 1 radical (unpaired) electrons. The van der Waals surface area contributed by atoms with Crippen molar-refractivity contribution in [2.24, 2.45) is 0 Å². The van der Waals surface area contributed by atoms with Gasteiger partial charge in [0.25, 0.3) is 9.04 Å². The number of anilines is 1. The second-order valence-electron chi connectivity index (χ2n) is 13.8. The number of nitrogens with zero attached hydrogens (tertiary/aromatic N) is 3. The minimum Gasteiger partial charge on any atom is -0.404 e. The molecule has 4 aromatic rings. The zero-order chi connectivity index (χ0) is 30.8. The van der Waals surface area contributed by atoms with Crippen molar-refractivity contribution in [3.05, 3.63) is 89.4 Å². The van der Waals surface area contributed by atoms with Gasteiger partial charge in [-0.25, -0.2) is 4.68 Å². The van der Waals surface area contributed by atoms with E-state index in [1.165, 1.54) is 15.9 Å². The predicted molar refractivity (Wildman–Crippen MR) is 173 cm³/mol. The van der Waals surface area contributed by atoms with E-state index in [0.717, 1.165) is 42.9 Å². The molecule has 1 amide bonds. The van der Waals surface area contributed by atoms with Gasteiger partial charge in [0.1, 0.15) is 11.6 Å². The molecule has 2 aromatic heterocycles. The van der Waals surface area contributed by atoms with Crippen molar-refractivity contribution in [3.8, 4) is 0 Å². The Morgan fingerprint density at radius 2 is 1.60 bits per heavy atom. The Morgan fingerprint density at radius 1 is 0.953 bits per heavy atom. The molecule has 0 saturated heterocycles. The second-order valence-corrected chi connectivity index (χ2v) is 15.9. The smallest absolute Gasteiger partial charge is 0.283 e. The quantitative estimate of drug-likeness (QED) is 0.243. The summed E-state index contributed by atoms with van der Waals surface area (Å²) in [7, 11) is -1.38. The molecule has 1 saturated carbocycles. The number of benzene rings is 2. The van der Waals surface area contributed by atoms with Crippen LogP contribution in [0, 0.1) is 6.92 Å². The molecule has 2 aromatic carbocycles. The van der Waals surface area contributed by atoms with Crippen molar-refractivity contribution in [2.45, 2.75) is 104 Å². The Kier molecular flexibility index (Phi) is 9.09. The Bertz CT molecular complexity index is 1510. The number of hydrogen-bond acceptors (Lipinski definition) is 5. The van der Waals surface area contributed by atoms with Crippen LogP contribution in [0.15, 0.2) is 71.3 Å². The fourth-order valence-corrected chi connectivity index (χ4v) is 7.84. The van der Waals surface area contributed by atoms with Crippen LogP contribution >= 0.6 is 0 Å². The van der Waals surface area contributed by atoms with Crippen molar-refractivity contribution < 1.29 is 13.7 Å². The van der Waals surface area contributed by atoms with Gasteiger partial charge < -0.3 is 14.3 Å². The highest BCUT2D eigenvalue weighted by atomic mass is 28.3. The minimum atomic E-state index is -1.38. The molecule has 0 aliphatic heterocycles. The van der Waals surface area contributed by atoms with Crippen molar-refractivity contribution in [1.82, 2.24) is 14.9 Å². The maximum atomic E-state index is 12.8. The number of hydrogen-bond donors (Lipinski definition) is 1. The third-order valence-electron chi connectivity index (χ3n) is 8.07. The summed E-state index contributed by atoms with van der Waals surface area (Å²) in [4.78, 5) is 12.8. The lowest BCUT2D eigenvalue weighted by Crippen LogP contribution is -2.47. The monoisotopic (exact) mass is 597 g/mol. The van der Waals surface area contributed by atoms with Gasteiger partial charge in [0.2, 0.25) is 5.91 Å². The van der Waals surface area contributed by atoms with Crippen molar-refractivity contribution >= 4 is 31.1 Å². The molecule has 1 aliphatic rings. The predicted octanol–water partition coefficient (Wildman–Crippen LogP) is 6.26. The Morgan fingerprint density at radius 3 is 2.19 bits per heavy atom. The largest absolute Gasteiger partial charge is 0.404 e. The van der Waals surface area contributed by atoms with Crippen LogP contribution in [0.1, 0.15) is 95.9 Å². The van der Waals surface area contributed by atoms with Crippen LogP contribution in [-0.4, -0.2) is 36.0 Å². The van der Waals surface area contributed by atoms with Gasteiger partial charge in [0.15, 0.2) is 0 Å². The summed E-state index contributed by atoms with van der Waals surface area (Å²) in [6, 6.07) is 23.6.